The Balaban J connectivity index is 1.68. The van der Waals surface area contributed by atoms with Crippen LogP contribution >= 0.6 is 0 Å². The van der Waals surface area contributed by atoms with E-state index in [9.17, 15) is 0 Å². The molecule has 3 heterocycles. The minimum atomic E-state index is -2.62. The van der Waals surface area contributed by atoms with Crippen LogP contribution in [0.3, 0.4) is 0 Å². The Morgan fingerprint density at radius 2 is 1.21 bits per heavy atom. The lowest BCUT2D eigenvalue weighted by molar-refractivity contribution is 0.00321. The Morgan fingerprint density at radius 3 is 1.59 bits per heavy atom. The van der Waals surface area contributed by atoms with Crippen LogP contribution in [0.25, 0.3) is 0 Å². The molecule has 0 bridgehead atoms. The van der Waals surface area contributed by atoms with Crippen molar-refractivity contribution >= 4 is 35.7 Å². The summed E-state index contributed by atoms with van der Waals surface area (Å²) < 4.78 is 37.9. The van der Waals surface area contributed by atoms with Crippen LogP contribution in [0.4, 0.5) is 0 Å². The Bertz CT molecular complexity index is 661. The van der Waals surface area contributed by atoms with Crippen LogP contribution in [0.1, 0.15) is 27.7 Å². The van der Waals surface area contributed by atoms with E-state index in [1.165, 1.54) is 0 Å². The van der Waals surface area contributed by atoms with Gasteiger partial charge in [0.05, 0.1) is 13.2 Å². The van der Waals surface area contributed by atoms with Crippen molar-refractivity contribution in [2.45, 2.75) is 66.3 Å². The molecule has 3 aliphatic heterocycles. The van der Waals surface area contributed by atoms with Crippen molar-refractivity contribution in [1.29, 1.82) is 0 Å². The molecule has 3 saturated heterocycles. The molecule has 12 heteroatoms. The molecular weight excluding hydrogens is 501 g/mol. The number of nitrogens with zero attached hydrogens (tertiary/aromatic N) is 2. The minimum absolute atomic E-state index is 0.178. The van der Waals surface area contributed by atoms with Crippen molar-refractivity contribution in [1.82, 2.24) is 9.80 Å². The third-order valence-corrected chi connectivity index (χ3v) is 20.7. The van der Waals surface area contributed by atoms with Gasteiger partial charge >= 0.3 is 35.7 Å². The summed E-state index contributed by atoms with van der Waals surface area (Å²) in [6, 6.07) is 0. The molecular formula is C22H46N2O6Si4. The fraction of sp³-hybridized carbons (Fsp3) is 0.818. The van der Waals surface area contributed by atoms with Crippen LogP contribution in [0.2, 0.25) is 26.2 Å². The lowest BCUT2D eigenvalue weighted by atomic mass is 10.2. The zero-order valence-electron chi connectivity index (χ0n) is 22.4. The van der Waals surface area contributed by atoms with Crippen molar-refractivity contribution < 1.29 is 25.9 Å². The van der Waals surface area contributed by atoms with Gasteiger partial charge in [0.25, 0.3) is 0 Å². The summed E-state index contributed by atoms with van der Waals surface area (Å²) in [5, 5.41) is 0. The second-order valence-corrected chi connectivity index (χ2v) is 21.2. The molecule has 0 aliphatic carbocycles. The van der Waals surface area contributed by atoms with E-state index >= 15 is 0 Å². The highest BCUT2D eigenvalue weighted by Gasteiger charge is 2.45. The predicted octanol–water partition coefficient (Wildman–Crippen LogP) is 2.73. The van der Waals surface area contributed by atoms with Gasteiger partial charge < -0.3 is 25.9 Å². The second kappa shape index (κ2) is 12.5. The van der Waals surface area contributed by atoms with Gasteiger partial charge in [0.2, 0.25) is 0 Å². The summed E-state index contributed by atoms with van der Waals surface area (Å²) >= 11 is 0. The van der Waals surface area contributed by atoms with Gasteiger partial charge in [-0.15, -0.1) is 0 Å². The Morgan fingerprint density at radius 1 is 0.794 bits per heavy atom. The molecule has 34 heavy (non-hydrogen) atoms. The van der Waals surface area contributed by atoms with Crippen molar-refractivity contribution in [2.24, 2.45) is 11.8 Å². The van der Waals surface area contributed by atoms with Gasteiger partial charge in [-0.05, 0) is 49.4 Å². The molecule has 0 saturated carbocycles. The molecule has 0 aromatic heterocycles. The van der Waals surface area contributed by atoms with Gasteiger partial charge in [0.15, 0.2) is 0 Å². The highest BCUT2D eigenvalue weighted by atomic mass is 28.5. The van der Waals surface area contributed by atoms with E-state index in [2.05, 4.69) is 87.2 Å². The van der Waals surface area contributed by atoms with Gasteiger partial charge in [0, 0.05) is 26.2 Å². The molecule has 0 amide bonds. The van der Waals surface area contributed by atoms with Crippen molar-refractivity contribution in [3.8, 4) is 0 Å². The predicted molar refractivity (Wildman–Crippen MR) is 144 cm³/mol. The number of hydrogen-bond acceptors (Lipinski definition) is 8. The van der Waals surface area contributed by atoms with E-state index in [4.69, 9.17) is 25.9 Å². The van der Waals surface area contributed by atoms with Crippen molar-refractivity contribution in [2.75, 3.05) is 39.4 Å². The largest absolute Gasteiger partial charge is 0.420 e. The molecule has 0 aromatic carbocycles. The maximum atomic E-state index is 6.83. The first-order chi connectivity index (χ1) is 16.0. The lowest BCUT2D eigenvalue weighted by Crippen LogP contribution is -2.58. The van der Waals surface area contributed by atoms with E-state index in [1.807, 2.05) is 0 Å². The average molecular weight is 547 g/mol. The van der Waals surface area contributed by atoms with Crippen LogP contribution < -0.4 is 0 Å². The lowest BCUT2D eigenvalue weighted by Gasteiger charge is -2.40. The van der Waals surface area contributed by atoms with E-state index < -0.39 is 35.7 Å². The first-order valence-electron chi connectivity index (χ1n) is 12.8. The normalized spacial score (nSPS) is 39.1. The van der Waals surface area contributed by atoms with Crippen LogP contribution in [0.5, 0.6) is 0 Å². The topological polar surface area (TPSA) is 61.9 Å². The van der Waals surface area contributed by atoms with Gasteiger partial charge in [-0.3, -0.25) is 9.80 Å². The zero-order valence-corrected chi connectivity index (χ0v) is 26.7. The maximum Gasteiger partial charge on any atom is 0.344 e. The Hall–Kier alpha value is 0.0275. The smallest absolute Gasteiger partial charge is 0.344 e. The minimum Gasteiger partial charge on any atom is -0.420 e. The summed E-state index contributed by atoms with van der Waals surface area (Å²) in [5.74, 6) is 0.936. The molecule has 3 rings (SSSR count). The summed E-state index contributed by atoms with van der Waals surface area (Å²) in [7, 11) is -8.88. The molecule has 3 fully saturated rings. The first kappa shape index (κ1) is 28.6. The fourth-order valence-electron chi connectivity index (χ4n) is 5.05. The molecule has 6 atom stereocenters. The van der Waals surface area contributed by atoms with Crippen LogP contribution in [0, 0.1) is 11.8 Å². The Labute approximate surface area is 212 Å². The third kappa shape index (κ3) is 8.01. The molecule has 196 valence electrons. The quantitative estimate of drug-likeness (QED) is 0.431. The van der Waals surface area contributed by atoms with Gasteiger partial charge in [-0.2, -0.15) is 0 Å². The zero-order chi connectivity index (χ0) is 24.9. The first-order valence-corrected chi connectivity index (χ1v) is 21.8. The maximum absolute atomic E-state index is 6.83. The summed E-state index contributed by atoms with van der Waals surface area (Å²) in [5.41, 5.74) is 4.36. The summed E-state index contributed by atoms with van der Waals surface area (Å²) in [4.78, 5) is 4.76. The number of hydrogen-bond donors (Lipinski definition) is 0. The number of ether oxygens (including phenoxy) is 2. The molecule has 0 radical (unpaired) electrons. The fourth-order valence-corrected chi connectivity index (χ4v) is 20.6. The van der Waals surface area contributed by atoms with Gasteiger partial charge in [-0.25, -0.2) is 0 Å². The molecule has 0 N–H and O–H groups in total. The van der Waals surface area contributed by atoms with Crippen LogP contribution in [0.15, 0.2) is 23.6 Å². The SMILES string of the molecule is CC(C)C1OCCN1CC=C[Si]1(C)O[SiH](C)O[SiH](C)O[Si](C)(C=CCN2CCOC2C(C)C)O1. The molecule has 0 aromatic rings. The highest BCUT2D eigenvalue weighted by molar-refractivity contribution is 6.90. The molecule has 8 nitrogen and oxygen atoms in total. The Kier molecular flexibility index (Phi) is 10.5. The van der Waals surface area contributed by atoms with E-state index in [1.54, 1.807) is 0 Å². The van der Waals surface area contributed by atoms with E-state index in [0.717, 1.165) is 39.4 Å². The van der Waals surface area contributed by atoms with Gasteiger partial charge in [0.1, 0.15) is 12.5 Å². The third-order valence-electron chi connectivity index (χ3n) is 6.30. The van der Waals surface area contributed by atoms with Crippen LogP contribution in [-0.4, -0.2) is 97.3 Å². The van der Waals surface area contributed by atoms with Gasteiger partial charge in [-0.1, -0.05) is 39.8 Å². The monoisotopic (exact) mass is 546 g/mol. The standard InChI is InChI=1S/C22H46N2O6Si4/c1-19(2)21-23(13-15-25-21)11-9-17-33(7)28-31(5)27-32(6)29-34(8,30-33)18-10-12-24-14-16-26-22(24)20(3)4/h9-10,17-22,31-32H,11-16H2,1-8H3. The number of rotatable bonds is 8. The van der Waals surface area contributed by atoms with Crippen LogP contribution in [-0.2, 0) is 25.9 Å². The summed E-state index contributed by atoms with van der Waals surface area (Å²) in [6.45, 7) is 22.4. The average Bonchev–Trinajstić information content (AvgIpc) is 3.35. The van der Waals surface area contributed by atoms with E-state index in [-0.39, 0.29) is 12.5 Å². The molecule has 3 aliphatic rings. The highest BCUT2D eigenvalue weighted by Crippen LogP contribution is 2.26. The molecule has 6 unspecified atom stereocenters. The van der Waals surface area contributed by atoms with Crippen molar-refractivity contribution in [3.05, 3.63) is 23.6 Å². The van der Waals surface area contributed by atoms with E-state index in [0.29, 0.717) is 11.8 Å². The summed E-state index contributed by atoms with van der Waals surface area (Å²) in [6.07, 6.45) is 4.76. The molecule has 0 spiro atoms. The van der Waals surface area contributed by atoms with Crippen molar-refractivity contribution in [3.63, 3.8) is 0 Å². The second-order valence-electron chi connectivity index (χ2n) is 10.4.